The van der Waals surface area contributed by atoms with Crippen molar-refractivity contribution in [1.29, 1.82) is 0 Å². The second kappa shape index (κ2) is 5.02. The number of hydrogen-bond donors (Lipinski definition) is 0. The molecule has 4 heteroatoms. The molecule has 0 unspecified atom stereocenters. The van der Waals surface area contributed by atoms with Crippen molar-refractivity contribution in [3.8, 4) is 5.75 Å². The molecule has 0 aliphatic carbocycles. The van der Waals surface area contributed by atoms with E-state index in [1.165, 1.54) is 11.3 Å². The van der Waals surface area contributed by atoms with E-state index in [0.717, 1.165) is 15.8 Å². The zero-order chi connectivity index (χ0) is 12.4. The Morgan fingerprint density at radius 1 is 1.35 bits per heavy atom. The molecule has 2 nitrogen and oxygen atoms in total. The van der Waals surface area contributed by atoms with Gasteiger partial charge in [0.15, 0.2) is 5.78 Å². The number of methoxy groups -OCH3 is 1. The first-order valence-electron chi connectivity index (χ1n) is 5.04. The van der Waals surface area contributed by atoms with Gasteiger partial charge in [-0.1, -0.05) is 12.1 Å². The molecule has 0 spiro atoms. The van der Waals surface area contributed by atoms with Crippen LogP contribution in [-0.2, 0) is 0 Å². The molecular formula is C13H11BrO2S. The second-order valence-electron chi connectivity index (χ2n) is 3.65. The van der Waals surface area contributed by atoms with E-state index in [1.54, 1.807) is 13.2 Å². The highest BCUT2D eigenvalue weighted by molar-refractivity contribution is 9.10. The second-order valence-corrected chi connectivity index (χ2v) is 5.24. The highest BCUT2D eigenvalue weighted by atomic mass is 79.9. The van der Waals surface area contributed by atoms with Gasteiger partial charge in [-0.25, -0.2) is 0 Å². The molecule has 2 rings (SSSR count). The van der Waals surface area contributed by atoms with Gasteiger partial charge in [0.25, 0.3) is 0 Å². The minimum Gasteiger partial charge on any atom is -0.496 e. The number of rotatable bonds is 3. The van der Waals surface area contributed by atoms with Gasteiger partial charge in [-0.15, -0.1) is 0 Å². The van der Waals surface area contributed by atoms with Crippen molar-refractivity contribution < 1.29 is 9.53 Å². The summed E-state index contributed by atoms with van der Waals surface area (Å²) in [6.07, 6.45) is 0. The van der Waals surface area contributed by atoms with Crippen LogP contribution in [0.25, 0.3) is 0 Å². The predicted molar refractivity (Wildman–Crippen MR) is 73.2 cm³/mol. The molecule has 0 N–H and O–H groups in total. The van der Waals surface area contributed by atoms with Crippen LogP contribution >= 0.6 is 27.3 Å². The van der Waals surface area contributed by atoms with Gasteiger partial charge in [-0.2, -0.15) is 11.3 Å². The number of hydrogen-bond acceptors (Lipinski definition) is 3. The fourth-order valence-corrected chi connectivity index (χ4v) is 3.01. The lowest BCUT2D eigenvalue weighted by Crippen LogP contribution is -2.01. The van der Waals surface area contributed by atoms with Crippen LogP contribution in [0.15, 0.2) is 33.4 Å². The summed E-state index contributed by atoms with van der Waals surface area (Å²) in [4.78, 5) is 12.2. The summed E-state index contributed by atoms with van der Waals surface area (Å²) in [5, 5.41) is 3.75. The van der Waals surface area contributed by atoms with E-state index >= 15 is 0 Å². The summed E-state index contributed by atoms with van der Waals surface area (Å²) in [6, 6.07) is 5.50. The maximum atomic E-state index is 12.2. The zero-order valence-corrected chi connectivity index (χ0v) is 11.9. The Balaban J connectivity index is 2.41. The van der Waals surface area contributed by atoms with Gasteiger partial charge in [-0.05, 0) is 34.5 Å². The lowest BCUT2D eigenvalue weighted by molar-refractivity contribution is 0.103. The van der Waals surface area contributed by atoms with Gasteiger partial charge in [0, 0.05) is 26.4 Å². The molecule has 17 heavy (non-hydrogen) atoms. The van der Waals surface area contributed by atoms with Crippen LogP contribution in [-0.4, -0.2) is 12.9 Å². The number of halogens is 1. The summed E-state index contributed by atoms with van der Waals surface area (Å²) < 4.78 is 6.06. The highest BCUT2D eigenvalue weighted by Gasteiger charge is 2.14. The number of carbonyl (C=O) groups excluding carboxylic acids is 1. The van der Waals surface area contributed by atoms with Crippen molar-refractivity contribution in [2.75, 3.05) is 7.11 Å². The van der Waals surface area contributed by atoms with Crippen molar-refractivity contribution in [2.45, 2.75) is 6.92 Å². The molecule has 0 amide bonds. The van der Waals surface area contributed by atoms with Gasteiger partial charge >= 0.3 is 0 Å². The average molecular weight is 311 g/mol. The predicted octanol–water partition coefficient (Wildman–Crippen LogP) is 4.06. The Hall–Kier alpha value is -1.13. The normalized spacial score (nSPS) is 10.3. The topological polar surface area (TPSA) is 26.3 Å². The molecule has 0 bridgehead atoms. The monoisotopic (exact) mass is 310 g/mol. The number of carbonyl (C=O) groups is 1. The molecule has 0 aliphatic rings. The van der Waals surface area contributed by atoms with Crippen LogP contribution in [0.1, 0.15) is 21.5 Å². The lowest BCUT2D eigenvalue weighted by atomic mass is 10.0. The molecule has 88 valence electrons. The molecule has 2 aromatic rings. The Kier molecular flexibility index (Phi) is 3.64. The minimum atomic E-state index is 0.0106. The summed E-state index contributed by atoms with van der Waals surface area (Å²) in [7, 11) is 1.61. The molecular weight excluding hydrogens is 300 g/mol. The maximum absolute atomic E-state index is 12.2. The molecule has 0 saturated heterocycles. The van der Waals surface area contributed by atoms with Gasteiger partial charge < -0.3 is 4.74 Å². The summed E-state index contributed by atoms with van der Waals surface area (Å²) in [6.45, 7) is 1.95. The van der Waals surface area contributed by atoms with E-state index in [0.29, 0.717) is 11.1 Å². The Morgan fingerprint density at radius 3 is 2.71 bits per heavy atom. The van der Waals surface area contributed by atoms with E-state index in [1.807, 2.05) is 29.8 Å². The first kappa shape index (κ1) is 12.3. The SMILES string of the molecule is COc1cc(C(=O)c2cscc2Br)ccc1C. The molecule has 1 aromatic heterocycles. The third kappa shape index (κ3) is 2.42. The van der Waals surface area contributed by atoms with Crippen LogP contribution in [0.3, 0.4) is 0 Å². The first-order valence-corrected chi connectivity index (χ1v) is 6.78. The molecule has 0 fully saturated rings. The minimum absolute atomic E-state index is 0.0106. The van der Waals surface area contributed by atoms with Crippen molar-refractivity contribution in [3.05, 3.63) is 50.1 Å². The number of aryl methyl sites for hydroxylation is 1. The largest absolute Gasteiger partial charge is 0.496 e. The zero-order valence-electron chi connectivity index (χ0n) is 9.49. The van der Waals surface area contributed by atoms with E-state index in [-0.39, 0.29) is 5.78 Å². The first-order chi connectivity index (χ1) is 8.13. The number of ketones is 1. The summed E-state index contributed by atoms with van der Waals surface area (Å²) in [5.74, 6) is 0.749. The molecule has 0 atom stereocenters. The van der Waals surface area contributed by atoms with Crippen LogP contribution < -0.4 is 4.74 Å². The summed E-state index contributed by atoms with van der Waals surface area (Å²) in [5.41, 5.74) is 2.36. The number of benzene rings is 1. The standard InChI is InChI=1S/C13H11BrO2S/c1-8-3-4-9(5-12(8)16-2)13(15)10-6-17-7-11(10)14/h3-7H,1-2H3. The average Bonchev–Trinajstić information content (AvgIpc) is 2.75. The third-order valence-corrected chi connectivity index (χ3v) is 4.23. The maximum Gasteiger partial charge on any atom is 0.195 e. The van der Waals surface area contributed by atoms with Gasteiger partial charge in [-0.3, -0.25) is 4.79 Å². The molecule has 0 saturated carbocycles. The molecule has 1 aromatic carbocycles. The fraction of sp³-hybridized carbons (Fsp3) is 0.154. The fourth-order valence-electron chi connectivity index (χ4n) is 1.56. The van der Waals surface area contributed by atoms with Crippen molar-refractivity contribution in [2.24, 2.45) is 0 Å². The van der Waals surface area contributed by atoms with E-state index in [4.69, 9.17) is 4.74 Å². The highest BCUT2D eigenvalue weighted by Crippen LogP contribution is 2.26. The van der Waals surface area contributed by atoms with Crippen LogP contribution in [0.5, 0.6) is 5.75 Å². The van der Waals surface area contributed by atoms with Gasteiger partial charge in [0.1, 0.15) is 5.75 Å². The quantitative estimate of drug-likeness (QED) is 0.799. The molecule has 1 heterocycles. The van der Waals surface area contributed by atoms with Crippen LogP contribution in [0, 0.1) is 6.92 Å². The Labute approximate surface area is 112 Å². The lowest BCUT2D eigenvalue weighted by Gasteiger charge is -2.06. The third-order valence-electron chi connectivity index (χ3n) is 2.53. The Morgan fingerprint density at radius 2 is 2.12 bits per heavy atom. The van der Waals surface area contributed by atoms with E-state index in [9.17, 15) is 4.79 Å². The van der Waals surface area contributed by atoms with Gasteiger partial charge in [0.2, 0.25) is 0 Å². The van der Waals surface area contributed by atoms with Crippen molar-refractivity contribution in [1.82, 2.24) is 0 Å². The van der Waals surface area contributed by atoms with Crippen molar-refractivity contribution >= 4 is 33.0 Å². The number of ether oxygens (including phenoxy) is 1. The smallest absolute Gasteiger partial charge is 0.195 e. The Bertz CT molecular complexity index is 560. The van der Waals surface area contributed by atoms with E-state index in [2.05, 4.69) is 15.9 Å². The van der Waals surface area contributed by atoms with Crippen LogP contribution in [0.2, 0.25) is 0 Å². The van der Waals surface area contributed by atoms with E-state index < -0.39 is 0 Å². The van der Waals surface area contributed by atoms with Crippen LogP contribution in [0.4, 0.5) is 0 Å². The number of thiophene rings is 1. The molecule has 0 radical (unpaired) electrons. The van der Waals surface area contributed by atoms with Crippen molar-refractivity contribution in [3.63, 3.8) is 0 Å². The van der Waals surface area contributed by atoms with Gasteiger partial charge in [0.05, 0.1) is 7.11 Å². The summed E-state index contributed by atoms with van der Waals surface area (Å²) >= 11 is 4.88. The molecule has 0 aliphatic heterocycles.